The molecule has 5 rings (SSSR count). The molecule has 0 amide bonds. The smallest absolute Gasteiger partial charge is 0.182 e. The standard InChI is InChI=1S/C22H18O3S/c23-21-18-13-7-6-12-17(18)19-15-10-4-5-11-16(15)20(21)22(19)26(24,25)14-8-2-1-3-9-14/h1-13,19-23H/t19-,20+,21+,22-/m0/s1. The van der Waals surface area contributed by atoms with E-state index in [2.05, 4.69) is 0 Å². The molecule has 0 radical (unpaired) electrons. The van der Waals surface area contributed by atoms with Gasteiger partial charge in [-0.2, -0.15) is 0 Å². The van der Waals surface area contributed by atoms with Crippen molar-refractivity contribution in [3.8, 4) is 0 Å². The van der Waals surface area contributed by atoms with Gasteiger partial charge in [0.1, 0.15) is 0 Å². The van der Waals surface area contributed by atoms with Gasteiger partial charge >= 0.3 is 0 Å². The highest BCUT2D eigenvalue weighted by Crippen LogP contribution is 2.59. The van der Waals surface area contributed by atoms with Gasteiger partial charge in [0.05, 0.1) is 16.2 Å². The first-order valence-corrected chi connectivity index (χ1v) is 10.3. The number of hydrogen-bond donors (Lipinski definition) is 1. The average molecular weight is 362 g/mol. The lowest BCUT2D eigenvalue weighted by atomic mass is 9.79. The molecule has 0 aromatic heterocycles. The maximum atomic E-state index is 13.6. The molecule has 130 valence electrons. The van der Waals surface area contributed by atoms with Crippen LogP contribution in [0.2, 0.25) is 0 Å². The van der Waals surface area contributed by atoms with Crippen molar-refractivity contribution in [1.29, 1.82) is 0 Å². The zero-order valence-electron chi connectivity index (χ0n) is 14.0. The molecular weight excluding hydrogens is 344 g/mol. The van der Waals surface area contributed by atoms with Gasteiger partial charge in [0.25, 0.3) is 0 Å². The van der Waals surface area contributed by atoms with Gasteiger partial charge in [0, 0.05) is 11.8 Å². The fourth-order valence-corrected chi connectivity index (χ4v) is 6.93. The second-order valence-electron chi connectivity index (χ2n) is 7.03. The first kappa shape index (κ1) is 15.8. The van der Waals surface area contributed by atoms with E-state index < -0.39 is 27.1 Å². The van der Waals surface area contributed by atoms with Crippen LogP contribution in [0.5, 0.6) is 0 Å². The van der Waals surface area contributed by atoms with Gasteiger partial charge in [0.15, 0.2) is 9.84 Å². The molecule has 2 bridgehead atoms. The molecule has 0 unspecified atom stereocenters. The number of aliphatic hydroxyl groups excluding tert-OH is 1. The molecule has 3 aromatic rings. The van der Waals surface area contributed by atoms with Crippen LogP contribution in [0.3, 0.4) is 0 Å². The second kappa shape index (κ2) is 5.53. The fourth-order valence-electron chi connectivity index (χ4n) is 4.75. The summed E-state index contributed by atoms with van der Waals surface area (Å²) in [6.07, 6.45) is -0.824. The zero-order valence-corrected chi connectivity index (χ0v) is 14.8. The summed E-state index contributed by atoms with van der Waals surface area (Å²) in [6.45, 7) is 0. The second-order valence-corrected chi connectivity index (χ2v) is 9.13. The largest absolute Gasteiger partial charge is 0.388 e. The van der Waals surface area contributed by atoms with Crippen LogP contribution in [0.25, 0.3) is 0 Å². The van der Waals surface area contributed by atoms with E-state index in [-0.39, 0.29) is 5.92 Å². The van der Waals surface area contributed by atoms with E-state index in [0.29, 0.717) is 4.90 Å². The minimum absolute atomic E-state index is 0.249. The molecule has 0 aliphatic heterocycles. The van der Waals surface area contributed by atoms with E-state index in [4.69, 9.17) is 0 Å². The summed E-state index contributed by atoms with van der Waals surface area (Å²) in [6, 6.07) is 24.1. The van der Waals surface area contributed by atoms with Crippen molar-refractivity contribution in [1.82, 2.24) is 0 Å². The Hall–Kier alpha value is -2.43. The summed E-state index contributed by atoms with van der Waals surface area (Å²) in [7, 11) is -3.60. The zero-order chi connectivity index (χ0) is 17.9. The van der Waals surface area contributed by atoms with E-state index in [1.807, 2.05) is 54.6 Å². The van der Waals surface area contributed by atoms with Gasteiger partial charge in [-0.25, -0.2) is 8.42 Å². The van der Waals surface area contributed by atoms with Crippen molar-refractivity contribution in [2.24, 2.45) is 0 Å². The number of benzene rings is 3. The SMILES string of the molecule is O=S(=O)(c1ccccc1)[C@H]1[C@H]2c3ccccc3[C@@H]1[C@H](O)c1ccccc12. The topological polar surface area (TPSA) is 54.4 Å². The molecular formula is C22H18O3S. The summed E-state index contributed by atoms with van der Waals surface area (Å²) in [5, 5.41) is 10.4. The monoisotopic (exact) mass is 362 g/mol. The number of fused-ring (bicyclic) bond motifs is 7. The summed E-state index contributed by atoms with van der Waals surface area (Å²) < 4.78 is 27.1. The van der Waals surface area contributed by atoms with Gasteiger partial charge in [-0.3, -0.25) is 0 Å². The quantitative estimate of drug-likeness (QED) is 0.754. The van der Waals surface area contributed by atoms with Crippen LogP contribution in [0.4, 0.5) is 0 Å². The van der Waals surface area contributed by atoms with Gasteiger partial charge in [0.2, 0.25) is 0 Å². The van der Waals surface area contributed by atoms with Crippen LogP contribution in [0.15, 0.2) is 83.8 Å². The third-order valence-electron chi connectivity index (χ3n) is 5.79. The normalized spacial score (nSPS) is 26.2. The Morgan fingerprint density at radius 3 is 1.81 bits per heavy atom. The summed E-state index contributed by atoms with van der Waals surface area (Å²) >= 11 is 0. The predicted octanol–water partition coefficient (Wildman–Crippen LogP) is 3.81. The van der Waals surface area contributed by atoms with Crippen LogP contribution in [-0.2, 0) is 9.84 Å². The van der Waals surface area contributed by atoms with Crippen molar-refractivity contribution in [3.05, 3.63) is 101 Å². The molecule has 0 saturated carbocycles. The minimum Gasteiger partial charge on any atom is -0.388 e. The van der Waals surface area contributed by atoms with E-state index in [9.17, 15) is 13.5 Å². The summed E-state index contributed by atoms with van der Waals surface area (Å²) in [5.74, 6) is -0.697. The summed E-state index contributed by atoms with van der Waals surface area (Å²) in [5.41, 5.74) is 3.74. The van der Waals surface area contributed by atoms with Crippen LogP contribution in [0.1, 0.15) is 40.2 Å². The third kappa shape index (κ3) is 2.00. The number of rotatable bonds is 2. The first-order chi connectivity index (χ1) is 12.6. The lowest BCUT2D eigenvalue weighted by Gasteiger charge is -2.35. The maximum absolute atomic E-state index is 13.6. The Balaban J connectivity index is 1.79. The molecule has 4 atom stereocenters. The lowest BCUT2D eigenvalue weighted by molar-refractivity contribution is 0.136. The molecule has 1 N–H and O–H groups in total. The molecule has 0 fully saturated rings. The predicted molar refractivity (Wildman–Crippen MR) is 99.8 cm³/mol. The maximum Gasteiger partial charge on any atom is 0.182 e. The molecule has 4 heteroatoms. The van der Waals surface area contributed by atoms with Gasteiger partial charge in [-0.1, -0.05) is 66.7 Å². The van der Waals surface area contributed by atoms with E-state index in [0.717, 1.165) is 22.3 Å². The molecule has 0 heterocycles. The summed E-state index contributed by atoms with van der Waals surface area (Å²) in [4.78, 5) is 0.319. The van der Waals surface area contributed by atoms with Gasteiger partial charge in [-0.15, -0.1) is 0 Å². The Kier molecular flexibility index (Phi) is 3.36. The number of aliphatic hydroxyl groups is 1. The Morgan fingerprint density at radius 1 is 0.654 bits per heavy atom. The molecule has 0 spiro atoms. The van der Waals surface area contributed by atoms with Gasteiger partial charge in [-0.05, 0) is 34.4 Å². The Bertz CT molecular complexity index is 1090. The number of hydrogen-bond acceptors (Lipinski definition) is 3. The van der Waals surface area contributed by atoms with Crippen LogP contribution in [-0.4, -0.2) is 18.8 Å². The van der Waals surface area contributed by atoms with Crippen molar-refractivity contribution in [2.75, 3.05) is 0 Å². The molecule has 3 aromatic carbocycles. The van der Waals surface area contributed by atoms with Crippen molar-refractivity contribution < 1.29 is 13.5 Å². The van der Waals surface area contributed by atoms with Crippen LogP contribution < -0.4 is 0 Å². The highest BCUT2D eigenvalue weighted by atomic mass is 32.2. The first-order valence-electron chi connectivity index (χ1n) is 8.75. The van der Waals surface area contributed by atoms with Crippen molar-refractivity contribution >= 4 is 9.84 Å². The van der Waals surface area contributed by atoms with E-state index in [1.54, 1.807) is 24.3 Å². The van der Waals surface area contributed by atoms with Crippen molar-refractivity contribution in [2.45, 2.75) is 28.1 Å². The Labute approximate surface area is 152 Å². The third-order valence-corrected chi connectivity index (χ3v) is 8.00. The molecule has 2 aliphatic carbocycles. The van der Waals surface area contributed by atoms with Crippen LogP contribution >= 0.6 is 0 Å². The van der Waals surface area contributed by atoms with Crippen LogP contribution in [0, 0.1) is 0 Å². The van der Waals surface area contributed by atoms with E-state index in [1.165, 1.54) is 0 Å². The Morgan fingerprint density at radius 2 is 1.15 bits per heavy atom. The molecule has 26 heavy (non-hydrogen) atoms. The average Bonchev–Trinajstić information content (AvgIpc) is 2.99. The lowest BCUT2D eigenvalue weighted by Crippen LogP contribution is -2.37. The fraction of sp³-hybridized carbons (Fsp3) is 0.182. The van der Waals surface area contributed by atoms with Gasteiger partial charge < -0.3 is 5.11 Å². The molecule has 2 aliphatic rings. The minimum atomic E-state index is -3.60. The van der Waals surface area contributed by atoms with Crippen molar-refractivity contribution in [3.63, 3.8) is 0 Å². The molecule has 3 nitrogen and oxygen atoms in total. The van der Waals surface area contributed by atoms with E-state index >= 15 is 0 Å². The molecule has 0 saturated heterocycles. The highest BCUT2D eigenvalue weighted by Gasteiger charge is 2.55. The highest BCUT2D eigenvalue weighted by molar-refractivity contribution is 7.92. The number of sulfone groups is 1.